The lowest BCUT2D eigenvalue weighted by Gasteiger charge is -1.93. The first-order valence-electron chi connectivity index (χ1n) is 3.96. The molecule has 2 nitrogen and oxygen atoms in total. The van der Waals surface area contributed by atoms with Crippen molar-refractivity contribution in [2.75, 3.05) is 5.75 Å². The van der Waals surface area contributed by atoms with Gasteiger partial charge in [-0.2, -0.15) is 0 Å². The van der Waals surface area contributed by atoms with E-state index >= 15 is 0 Å². The first kappa shape index (κ1) is 7.68. The smallest absolute Gasteiger partial charge is 0.122 e. The molecule has 0 bridgehead atoms. The van der Waals surface area contributed by atoms with Crippen molar-refractivity contribution in [2.45, 2.75) is 11.9 Å². The molecule has 0 atom stereocenters. The van der Waals surface area contributed by atoms with Gasteiger partial charge in [0.15, 0.2) is 0 Å². The number of fused-ring (bicyclic) bond motifs is 1. The molecule has 0 saturated heterocycles. The lowest BCUT2D eigenvalue weighted by Crippen LogP contribution is -1.78. The quantitative estimate of drug-likeness (QED) is 0.657. The number of imidazole rings is 1. The first-order valence-corrected chi connectivity index (χ1v) is 4.95. The molecule has 2 aromatic heterocycles. The minimum absolute atomic E-state index is 1.07. The normalized spacial score (nSPS) is 10.8. The third-order valence-electron chi connectivity index (χ3n) is 1.69. The van der Waals surface area contributed by atoms with E-state index in [0.717, 1.165) is 10.8 Å². The number of nitrogens with zero attached hydrogens (tertiary/aromatic N) is 2. The summed E-state index contributed by atoms with van der Waals surface area (Å²) in [6.45, 7) is 2.14. The van der Waals surface area contributed by atoms with Gasteiger partial charge in [0.1, 0.15) is 11.4 Å². The molecule has 0 aromatic carbocycles. The van der Waals surface area contributed by atoms with Crippen LogP contribution in [0.2, 0.25) is 0 Å². The first-order chi connectivity index (χ1) is 5.92. The van der Waals surface area contributed by atoms with E-state index in [1.807, 2.05) is 29.1 Å². The van der Waals surface area contributed by atoms with Crippen LogP contribution in [-0.4, -0.2) is 15.1 Å². The highest BCUT2D eigenvalue weighted by atomic mass is 32.2. The predicted octanol–water partition coefficient (Wildman–Crippen LogP) is 2.45. The van der Waals surface area contributed by atoms with E-state index in [0.29, 0.717) is 0 Å². The third kappa shape index (κ3) is 1.20. The Hall–Kier alpha value is -0.960. The van der Waals surface area contributed by atoms with E-state index in [-0.39, 0.29) is 0 Å². The third-order valence-corrected chi connectivity index (χ3v) is 2.57. The molecule has 0 spiro atoms. The predicted molar refractivity (Wildman–Crippen MR) is 51.6 cm³/mol. The van der Waals surface area contributed by atoms with Crippen molar-refractivity contribution < 1.29 is 0 Å². The molecule has 0 aliphatic heterocycles. The number of pyridine rings is 1. The van der Waals surface area contributed by atoms with Crippen LogP contribution in [-0.2, 0) is 0 Å². The molecule has 0 amide bonds. The summed E-state index contributed by atoms with van der Waals surface area (Å²) in [5, 5.41) is 1.12. The Morgan fingerprint density at radius 2 is 2.42 bits per heavy atom. The van der Waals surface area contributed by atoms with Crippen molar-refractivity contribution in [3.63, 3.8) is 0 Å². The fraction of sp³-hybridized carbons (Fsp3) is 0.222. The molecule has 2 aromatic rings. The maximum absolute atomic E-state index is 4.31. The number of aromatic nitrogens is 2. The van der Waals surface area contributed by atoms with E-state index in [9.17, 15) is 0 Å². The maximum Gasteiger partial charge on any atom is 0.122 e. The second-order valence-electron chi connectivity index (χ2n) is 2.48. The lowest BCUT2D eigenvalue weighted by molar-refractivity contribution is 1.14. The van der Waals surface area contributed by atoms with Gasteiger partial charge in [-0.05, 0) is 17.9 Å². The van der Waals surface area contributed by atoms with Gasteiger partial charge in [0.25, 0.3) is 0 Å². The van der Waals surface area contributed by atoms with Gasteiger partial charge < -0.3 is 4.40 Å². The molecule has 62 valence electrons. The molecule has 0 radical (unpaired) electrons. The van der Waals surface area contributed by atoms with Crippen LogP contribution in [0.5, 0.6) is 0 Å². The van der Waals surface area contributed by atoms with Crippen LogP contribution < -0.4 is 0 Å². The van der Waals surface area contributed by atoms with E-state index < -0.39 is 0 Å². The monoisotopic (exact) mass is 178 g/mol. The van der Waals surface area contributed by atoms with Crippen LogP contribution in [0.15, 0.2) is 35.7 Å². The molecule has 2 rings (SSSR count). The molecule has 0 fully saturated rings. The Morgan fingerprint density at radius 1 is 1.50 bits per heavy atom. The van der Waals surface area contributed by atoms with E-state index in [2.05, 4.69) is 18.0 Å². The van der Waals surface area contributed by atoms with Gasteiger partial charge >= 0.3 is 0 Å². The van der Waals surface area contributed by atoms with Crippen molar-refractivity contribution in [1.82, 2.24) is 9.38 Å². The molecule has 0 N–H and O–H groups in total. The molecule has 0 aliphatic rings. The Labute approximate surface area is 75.6 Å². The second kappa shape index (κ2) is 3.19. The number of hydrogen-bond acceptors (Lipinski definition) is 2. The summed E-state index contributed by atoms with van der Waals surface area (Å²) in [5.74, 6) is 1.07. The number of rotatable bonds is 2. The molecule has 0 unspecified atom stereocenters. The van der Waals surface area contributed by atoms with Crippen molar-refractivity contribution in [2.24, 2.45) is 0 Å². The van der Waals surface area contributed by atoms with Crippen LogP contribution >= 0.6 is 11.8 Å². The highest BCUT2D eigenvalue weighted by Crippen LogP contribution is 2.20. The molecule has 0 saturated carbocycles. The lowest BCUT2D eigenvalue weighted by atomic mass is 10.4. The SMILES string of the molecule is CCSc1ncn2ccccc12. The van der Waals surface area contributed by atoms with Crippen LogP contribution in [0.4, 0.5) is 0 Å². The fourth-order valence-electron chi connectivity index (χ4n) is 1.17. The van der Waals surface area contributed by atoms with Gasteiger partial charge in [-0.3, -0.25) is 0 Å². The highest BCUT2D eigenvalue weighted by molar-refractivity contribution is 7.99. The Kier molecular flexibility index (Phi) is 2.04. The van der Waals surface area contributed by atoms with E-state index in [1.165, 1.54) is 5.52 Å². The summed E-state index contributed by atoms with van der Waals surface area (Å²) in [7, 11) is 0. The minimum atomic E-state index is 1.07. The number of thioether (sulfide) groups is 1. The van der Waals surface area contributed by atoms with Crippen LogP contribution in [0.3, 0.4) is 0 Å². The Bertz CT molecular complexity index is 381. The van der Waals surface area contributed by atoms with Gasteiger partial charge in [0.2, 0.25) is 0 Å². The van der Waals surface area contributed by atoms with Gasteiger partial charge in [-0.1, -0.05) is 13.0 Å². The molecule has 3 heteroatoms. The van der Waals surface area contributed by atoms with Gasteiger partial charge in [0.05, 0.1) is 5.52 Å². The fourth-order valence-corrected chi connectivity index (χ4v) is 1.88. The summed E-state index contributed by atoms with van der Waals surface area (Å²) in [6.07, 6.45) is 3.87. The van der Waals surface area contributed by atoms with Crippen molar-refractivity contribution >= 4 is 17.3 Å². The van der Waals surface area contributed by atoms with Crippen LogP contribution in [0.25, 0.3) is 5.52 Å². The Balaban J connectivity index is 2.55. The van der Waals surface area contributed by atoms with Gasteiger partial charge in [-0.25, -0.2) is 4.98 Å². The molecular weight excluding hydrogens is 168 g/mol. The highest BCUT2D eigenvalue weighted by Gasteiger charge is 2.00. The molecule has 2 heterocycles. The van der Waals surface area contributed by atoms with E-state index in [4.69, 9.17) is 0 Å². The summed E-state index contributed by atoms with van der Waals surface area (Å²) in [6, 6.07) is 6.14. The summed E-state index contributed by atoms with van der Waals surface area (Å²) in [5.41, 5.74) is 1.20. The van der Waals surface area contributed by atoms with Crippen LogP contribution in [0, 0.1) is 0 Å². The standard InChI is InChI=1S/C9H10N2S/c1-2-12-9-8-5-3-4-6-11(8)7-10-9/h3-7H,2H2,1H3. The largest absolute Gasteiger partial charge is 0.305 e. The topological polar surface area (TPSA) is 17.3 Å². The van der Waals surface area contributed by atoms with Gasteiger partial charge in [0, 0.05) is 6.20 Å². The zero-order valence-electron chi connectivity index (χ0n) is 6.90. The summed E-state index contributed by atoms with van der Waals surface area (Å²) in [4.78, 5) is 4.31. The van der Waals surface area contributed by atoms with Crippen LogP contribution in [0.1, 0.15) is 6.92 Å². The second-order valence-corrected chi connectivity index (χ2v) is 3.73. The molecular formula is C9H10N2S. The molecule has 0 aliphatic carbocycles. The van der Waals surface area contributed by atoms with Crippen molar-refractivity contribution in [3.05, 3.63) is 30.7 Å². The minimum Gasteiger partial charge on any atom is -0.305 e. The van der Waals surface area contributed by atoms with Crippen molar-refractivity contribution in [1.29, 1.82) is 0 Å². The average molecular weight is 178 g/mol. The Morgan fingerprint density at radius 3 is 3.25 bits per heavy atom. The zero-order chi connectivity index (χ0) is 8.39. The summed E-state index contributed by atoms with van der Waals surface area (Å²) >= 11 is 1.78. The summed E-state index contributed by atoms with van der Waals surface area (Å²) < 4.78 is 2.04. The average Bonchev–Trinajstić information content (AvgIpc) is 2.50. The number of hydrogen-bond donors (Lipinski definition) is 0. The molecule has 12 heavy (non-hydrogen) atoms. The van der Waals surface area contributed by atoms with Crippen molar-refractivity contribution in [3.8, 4) is 0 Å². The zero-order valence-corrected chi connectivity index (χ0v) is 7.71. The van der Waals surface area contributed by atoms with E-state index in [1.54, 1.807) is 11.8 Å². The van der Waals surface area contributed by atoms with Gasteiger partial charge in [-0.15, -0.1) is 11.8 Å². The maximum atomic E-state index is 4.31.